The zero-order valence-electron chi connectivity index (χ0n) is 15.1. The second-order valence-corrected chi connectivity index (χ2v) is 7.93. The molecule has 0 saturated carbocycles. The summed E-state index contributed by atoms with van der Waals surface area (Å²) in [6.07, 6.45) is 1.95. The third-order valence-electron chi connectivity index (χ3n) is 4.70. The molecule has 1 aliphatic rings. The van der Waals surface area contributed by atoms with Gasteiger partial charge < -0.3 is 15.1 Å². The van der Waals surface area contributed by atoms with Gasteiger partial charge in [-0.3, -0.25) is 4.79 Å². The van der Waals surface area contributed by atoms with E-state index in [0.29, 0.717) is 21.4 Å². The lowest BCUT2D eigenvalue weighted by atomic mass is 9.97. The number of carbonyl (C=O) groups is 1. The fourth-order valence-electron chi connectivity index (χ4n) is 3.27. The number of aromatic nitrogens is 1. The summed E-state index contributed by atoms with van der Waals surface area (Å²) in [5.41, 5.74) is 0.644. The number of halogens is 2. The number of anilines is 1. The van der Waals surface area contributed by atoms with Crippen molar-refractivity contribution in [2.75, 3.05) is 45.6 Å². The third-order valence-corrected chi connectivity index (χ3v) is 5.21. The number of pyridine rings is 1. The molecular formula is C19H24Cl2N4O. The number of nitrogens with one attached hydrogen (secondary N) is 1. The van der Waals surface area contributed by atoms with Gasteiger partial charge in [-0.1, -0.05) is 23.2 Å². The van der Waals surface area contributed by atoms with Crippen LogP contribution in [0, 0.1) is 5.92 Å². The van der Waals surface area contributed by atoms with E-state index < -0.39 is 0 Å². The number of hydrogen-bond acceptors (Lipinski definition) is 4. The Bertz CT molecular complexity index is 796. The van der Waals surface area contributed by atoms with Gasteiger partial charge in [0.15, 0.2) is 0 Å². The molecule has 1 fully saturated rings. The molecule has 1 saturated heterocycles. The van der Waals surface area contributed by atoms with Crippen molar-refractivity contribution in [3.63, 3.8) is 0 Å². The van der Waals surface area contributed by atoms with E-state index in [1.165, 1.54) is 0 Å². The van der Waals surface area contributed by atoms with E-state index in [1.807, 2.05) is 12.1 Å². The van der Waals surface area contributed by atoms with Gasteiger partial charge in [-0.15, -0.1) is 0 Å². The minimum Gasteiger partial charge on any atom is -0.310 e. The first-order valence-corrected chi connectivity index (χ1v) is 9.62. The van der Waals surface area contributed by atoms with E-state index in [2.05, 4.69) is 34.2 Å². The Morgan fingerprint density at radius 3 is 2.92 bits per heavy atom. The zero-order chi connectivity index (χ0) is 18.7. The lowest BCUT2D eigenvalue weighted by Gasteiger charge is -2.32. The van der Waals surface area contributed by atoms with Crippen LogP contribution in [-0.4, -0.2) is 61.0 Å². The van der Waals surface area contributed by atoms with Crippen molar-refractivity contribution in [1.29, 1.82) is 0 Å². The van der Waals surface area contributed by atoms with Crippen molar-refractivity contribution < 1.29 is 4.79 Å². The molecule has 1 unspecified atom stereocenters. The fraction of sp³-hybridized carbons (Fsp3) is 0.474. The van der Waals surface area contributed by atoms with Gasteiger partial charge in [0.25, 0.3) is 0 Å². The summed E-state index contributed by atoms with van der Waals surface area (Å²) in [5, 5.41) is 4.86. The number of benzene rings is 1. The number of piperidine rings is 1. The average molecular weight is 395 g/mol. The minimum atomic E-state index is -0.0101. The molecule has 140 valence electrons. The van der Waals surface area contributed by atoms with Crippen LogP contribution >= 0.6 is 23.2 Å². The molecule has 0 radical (unpaired) electrons. The number of hydrogen-bond donors (Lipinski definition) is 1. The number of likely N-dealkylation sites (tertiary alicyclic amines) is 1. The van der Waals surface area contributed by atoms with E-state index >= 15 is 0 Å². The molecule has 1 aliphatic heterocycles. The summed E-state index contributed by atoms with van der Waals surface area (Å²) < 4.78 is 0. The number of amides is 1. The molecule has 1 atom stereocenters. The van der Waals surface area contributed by atoms with Crippen LogP contribution in [0.1, 0.15) is 12.8 Å². The second-order valence-electron chi connectivity index (χ2n) is 7.09. The minimum absolute atomic E-state index is 0.0101. The van der Waals surface area contributed by atoms with Crippen LogP contribution in [0.25, 0.3) is 10.9 Å². The Kier molecular flexibility index (Phi) is 6.35. The summed E-state index contributed by atoms with van der Waals surface area (Å²) >= 11 is 12.2. The van der Waals surface area contributed by atoms with Crippen molar-refractivity contribution in [1.82, 2.24) is 14.8 Å². The topological polar surface area (TPSA) is 48.5 Å². The molecule has 26 heavy (non-hydrogen) atoms. The van der Waals surface area contributed by atoms with Gasteiger partial charge in [0, 0.05) is 30.0 Å². The summed E-state index contributed by atoms with van der Waals surface area (Å²) in [6.45, 7) is 3.84. The molecule has 2 heterocycles. The molecule has 1 aromatic carbocycles. The Hall–Kier alpha value is -1.40. The predicted molar refractivity (Wildman–Crippen MR) is 108 cm³/mol. The summed E-state index contributed by atoms with van der Waals surface area (Å²) in [5.74, 6) is 0.540. The van der Waals surface area contributed by atoms with Crippen LogP contribution < -0.4 is 5.32 Å². The lowest BCUT2D eigenvalue weighted by Crippen LogP contribution is -2.43. The van der Waals surface area contributed by atoms with Crippen LogP contribution in [0.15, 0.2) is 24.3 Å². The predicted octanol–water partition coefficient (Wildman–Crippen LogP) is 3.75. The lowest BCUT2D eigenvalue weighted by molar-refractivity contribution is -0.121. The SMILES string of the molecule is CN(C)CCN1CCCC(C(=O)Nc2ccc3cc(Cl)cc(Cl)c3n2)C1. The van der Waals surface area contributed by atoms with Gasteiger partial charge in [-0.2, -0.15) is 0 Å². The van der Waals surface area contributed by atoms with E-state index in [0.717, 1.165) is 44.4 Å². The Morgan fingerprint density at radius 1 is 1.35 bits per heavy atom. The van der Waals surface area contributed by atoms with Gasteiger partial charge >= 0.3 is 0 Å². The third kappa shape index (κ3) is 4.86. The molecule has 0 spiro atoms. The number of fused-ring (bicyclic) bond motifs is 1. The highest BCUT2D eigenvalue weighted by Crippen LogP contribution is 2.28. The second kappa shape index (κ2) is 8.53. The average Bonchev–Trinajstić information content (AvgIpc) is 2.60. The van der Waals surface area contributed by atoms with E-state index in [9.17, 15) is 4.79 Å². The van der Waals surface area contributed by atoms with Crippen molar-refractivity contribution >= 4 is 45.8 Å². The molecule has 3 rings (SSSR count). The van der Waals surface area contributed by atoms with Crippen LogP contribution in [0.3, 0.4) is 0 Å². The molecule has 1 aromatic heterocycles. The Morgan fingerprint density at radius 2 is 2.15 bits per heavy atom. The summed E-state index contributed by atoms with van der Waals surface area (Å²) in [6, 6.07) is 7.14. The monoisotopic (exact) mass is 394 g/mol. The molecule has 5 nitrogen and oxygen atoms in total. The smallest absolute Gasteiger partial charge is 0.229 e. The van der Waals surface area contributed by atoms with Gasteiger partial charge in [-0.25, -0.2) is 4.98 Å². The number of likely N-dealkylation sites (N-methyl/N-ethyl adjacent to an activating group) is 1. The number of carbonyl (C=O) groups excluding carboxylic acids is 1. The highest BCUT2D eigenvalue weighted by Gasteiger charge is 2.26. The summed E-state index contributed by atoms with van der Waals surface area (Å²) in [7, 11) is 4.13. The normalized spacial score (nSPS) is 18.4. The van der Waals surface area contributed by atoms with E-state index in [4.69, 9.17) is 23.2 Å². The number of rotatable bonds is 5. The Labute approximate surface area is 164 Å². The molecule has 0 bridgehead atoms. The summed E-state index contributed by atoms with van der Waals surface area (Å²) in [4.78, 5) is 21.7. The maximum atomic E-state index is 12.7. The van der Waals surface area contributed by atoms with Crippen LogP contribution in [-0.2, 0) is 4.79 Å². The zero-order valence-corrected chi connectivity index (χ0v) is 16.6. The van der Waals surface area contributed by atoms with Crippen molar-refractivity contribution in [3.8, 4) is 0 Å². The Balaban J connectivity index is 1.66. The molecule has 1 N–H and O–H groups in total. The first-order chi connectivity index (χ1) is 12.4. The maximum Gasteiger partial charge on any atom is 0.229 e. The maximum absolute atomic E-state index is 12.7. The van der Waals surface area contributed by atoms with Crippen LogP contribution in [0.5, 0.6) is 0 Å². The van der Waals surface area contributed by atoms with Gasteiger partial charge in [0.05, 0.1) is 16.5 Å². The highest BCUT2D eigenvalue weighted by atomic mass is 35.5. The first-order valence-electron chi connectivity index (χ1n) is 8.86. The molecule has 1 amide bonds. The van der Waals surface area contributed by atoms with Crippen LogP contribution in [0.4, 0.5) is 5.82 Å². The van der Waals surface area contributed by atoms with Gasteiger partial charge in [0.1, 0.15) is 5.82 Å². The molecule has 2 aromatic rings. The van der Waals surface area contributed by atoms with E-state index in [-0.39, 0.29) is 11.8 Å². The van der Waals surface area contributed by atoms with E-state index in [1.54, 1.807) is 12.1 Å². The fourth-order valence-corrected chi connectivity index (χ4v) is 3.82. The molecule has 7 heteroatoms. The quantitative estimate of drug-likeness (QED) is 0.838. The van der Waals surface area contributed by atoms with Crippen molar-refractivity contribution in [3.05, 3.63) is 34.3 Å². The standard InChI is InChI=1S/C19H24Cl2N4O/c1-24(2)8-9-25-7-3-4-14(12-25)19(26)23-17-6-5-13-10-15(20)11-16(21)18(13)22-17/h5-6,10-11,14H,3-4,7-9,12H2,1-2H3,(H,22,23,26). The first kappa shape index (κ1) is 19.4. The number of nitrogens with zero attached hydrogens (tertiary/aromatic N) is 3. The highest BCUT2D eigenvalue weighted by molar-refractivity contribution is 6.38. The molecular weight excluding hydrogens is 371 g/mol. The van der Waals surface area contributed by atoms with Crippen molar-refractivity contribution in [2.45, 2.75) is 12.8 Å². The largest absolute Gasteiger partial charge is 0.310 e. The van der Waals surface area contributed by atoms with Gasteiger partial charge in [-0.05, 0) is 57.7 Å². The van der Waals surface area contributed by atoms with Crippen LogP contribution in [0.2, 0.25) is 10.0 Å². The molecule has 0 aliphatic carbocycles. The van der Waals surface area contributed by atoms with Crippen molar-refractivity contribution in [2.24, 2.45) is 5.92 Å². The van der Waals surface area contributed by atoms with Gasteiger partial charge in [0.2, 0.25) is 5.91 Å².